The fourth-order valence-electron chi connectivity index (χ4n) is 1.48. The SMILES string of the molecule is CC#CCC(Cc1ccc(C)cc1)C(=O)O. The molecule has 0 saturated heterocycles. The van der Waals surface area contributed by atoms with Crippen LogP contribution in [0.15, 0.2) is 24.3 Å². The van der Waals surface area contributed by atoms with E-state index in [1.165, 1.54) is 5.56 Å². The normalized spacial score (nSPS) is 11.4. The molecule has 0 aliphatic carbocycles. The van der Waals surface area contributed by atoms with Crippen LogP contribution in [0, 0.1) is 24.7 Å². The van der Waals surface area contributed by atoms with Gasteiger partial charge in [-0.1, -0.05) is 29.8 Å². The lowest BCUT2D eigenvalue weighted by atomic mass is 9.96. The molecule has 0 fully saturated rings. The summed E-state index contributed by atoms with van der Waals surface area (Å²) < 4.78 is 0. The Hall–Kier alpha value is -1.75. The van der Waals surface area contributed by atoms with Gasteiger partial charge in [0.2, 0.25) is 0 Å². The van der Waals surface area contributed by atoms with E-state index < -0.39 is 11.9 Å². The summed E-state index contributed by atoms with van der Waals surface area (Å²) in [6, 6.07) is 7.95. The topological polar surface area (TPSA) is 37.3 Å². The second-order valence-corrected chi connectivity index (χ2v) is 3.86. The van der Waals surface area contributed by atoms with Crippen LogP contribution < -0.4 is 0 Å². The molecule has 84 valence electrons. The van der Waals surface area contributed by atoms with Crippen molar-refractivity contribution in [3.63, 3.8) is 0 Å². The van der Waals surface area contributed by atoms with Gasteiger partial charge in [0.1, 0.15) is 0 Å². The van der Waals surface area contributed by atoms with Gasteiger partial charge in [0, 0.05) is 6.42 Å². The quantitative estimate of drug-likeness (QED) is 0.786. The maximum atomic E-state index is 11.0. The summed E-state index contributed by atoms with van der Waals surface area (Å²) in [7, 11) is 0. The molecule has 1 unspecified atom stereocenters. The van der Waals surface area contributed by atoms with Crippen LogP contribution in [0.2, 0.25) is 0 Å². The second-order valence-electron chi connectivity index (χ2n) is 3.86. The highest BCUT2D eigenvalue weighted by Crippen LogP contribution is 2.13. The molecular formula is C14H16O2. The zero-order valence-electron chi connectivity index (χ0n) is 9.66. The third-order valence-corrected chi connectivity index (χ3v) is 2.48. The highest BCUT2D eigenvalue weighted by molar-refractivity contribution is 5.70. The van der Waals surface area contributed by atoms with Gasteiger partial charge in [-0.3, -0.25) is 4.79 Å². The number of carbonyl (C=O) groups is 1. The van der Waals surface area contributed by atoms with E-state index in [0.29, 0.717) is 12.8 Å². The Bertz CT molecular complexity index is 407. The van der Waals surface area contributed by atoms with Gasteiger partial charge in [0.25, 0.3) is 0 Å². The van der Waals surface area contributed by atoms with Crippen molar-refractivity contribution < 1.29 is 9.90 Å². The molecule has 2 heteroatoms. The predicted octanol–water partition coefficient (Wildman–Crippen LogP) is 2.65. The van der Waals surface area contributed by atoms with Crippen LogP contribution in [-0.2, 0) is 11.2 Å². The van der Waals surface area contributed by atoms with Gasteiger partial charge in [-0.05, 0) is 25.8 Å². The standard InChI is InChI=1S/C14H16O2/c1-3-4-5-13(14(15)16)10-12-8-6-11(2)7-9-12/h6-9,13H,5,10H2,1-2H3,(H,15,16). The van der Waals surface area contributed by atoms with Crippen molar-refractivity contribution >= 4 is 5.97 Å². The summed E-state index contributed by atoms with van der Waals surface area (Å²) >= 11 is 0. The molecule has 2 nitrogen and oxygen atoms in total. The molecule has 0 bridgehead atoms. The number of aliphatic carboxylic acids is 1. The number of benzene rings is 1. The molecule has 0 saturated carbocycles. The summed E-state index contributed by atoms with van der Waals surface area (Å²) in [4.78, 5) is 11.0. The molecular weight excluding hydrogens is 200 g/mol. The van der Waals surface area contributed by atoms with Crippen LogP contribution in [0.1, 0.15) is 24.5 Å². The van der Waals surface area contributed by atoms with Gasteiger partial charge >= 0.3 is 5.97 Å². The molecule has 1 rings (SSSR count). The lowest BCUT2D eigenvalue weighted by molar-refractivity contribution is -0.141. The van der Waals surface area contributed by atoms with Crippen LogP contribution in [0.4, 0.5) is 0 Å². The number of carboxylic acid groups (broad SMARTS) is 1. The van der Waals surface area contributed by atoms with E-state index in [1.54, 1.807) is 6.92 Å². The van der Waals surface area contributed by atoms with Gasteiger partial charge in [-0.2, -0.15) is 0 Å². The molecule has 1 aromatic carbocycles. The maximum Gasteiger partial charge on any atom is 0.307 e. The fraction of sp³-hybridized carbons (Fsp3) is 0.357. The Labute approximate surface area is 96.3 Å². The summed E-state index contributed by atoms with van der Waals surface area (Å²) in [6.45, 7) is 3.74. The smallest absolute Gasteiger partial charge is 0.307 e. The third kappa shape index (κ3) is 3.78. The molecule has 0 aliphatic rings. The van der Waals surface area contributed by atoms with Crippen molar-refractivity contribution in [1.29, 1.82) is 0 Å². The van der Waals surface area contributed by atoms with Gasteiger partial charge in [-0.15, -0.1) is 11.8 Å². The number of rotatable bonds is 4. The largest absolute Gasteiger partial charge is 0.481 e. The van der Waals surface area contributed by atoms with Crippen molar-refractivity contribution in [3.8, 4) is 11.8 Å². The predicted molar refractivity (Wildman–Crippen MR) is 64.1 cm³/mol. The number of hydrogen-bond acceptors (Lipinski definition) is 1. The van der Waals surface area contributed by atoms with Crippen LogP contribution in [0.3, 0.4) is 0 Å². The minimum atomic E-state index is -0.775. The second kappa shape index (κ2) is 5.97. The number of hydrogen-bond donors (Lipinski definition) is 1. The van der Waals surface area contributed by atoms with Crippen molar-refractivity contribution in [3.05, 3.63) is 35.4 Å². The first-order valence-electron chi connectivity index (χ1n) is 5.31. The van der Waals surface area contributed by atoms with E-state index in [9.17, 15) is 4.79 Å². The molecule has 0 aromatic heterocycles. The third-order valence-electron chi connectivity index (χ3n) is 2.48. The first-order valence-corrected chi connectivity index (χ1v) is 5.31. The van der Waals surface area contributed by atoms with Crippen molar-refractivity contribution in [1.82, 2.24) is 0 Å². The maximum absolute atomic E-state index is 11.0. The molecule has 16 heavy (non-hydrogen) atoms. The van der Waals surface area contributed by atoms with E-state index in [2.05, 4.69) is 11.8 Å². The first-order chi connectivity index (χ1) is 7.63. The number of aryl methyl sites for hydroxylation is 1. The van der Waals surface area contributed by atoms with Gasteiger partial charge < -0.3 is 5.11 Å². The Morgan fingerprint density at radius 3 is 2.50 bits per heavy atom. The average Bonchev–Trinajstić information content (AvgIpc) is 2.26. The summed E-state index contributed by atoms with van der Waals surface area (Å²) in [5, 5.41) is 9.05. The fourth-order valence-corrected chi connectivity index (χ4v) is 1.48. The van der Waals surface area contributed by atoms with E-state index in [1.807, 2.05) is 31.2 Å². The first kappa shape index (κ1) is 12.3. The molecule has 1 atom stereocenters. The van der Waals surface area contributed by atoms with Gasteiger partial charge in [0.15, 0.2) is 0 Å². The van der Waals surface area contributed by atoms with Crippen LogP contribution in [0.5, 0.6) is 0 Å². The Morgan fingerprint density at radius 2 is 2.00 bits per heavy atom. The lowest BCUT2D eigenvalue weighted by Crippen LogP contribution is -2.15. The van der Waals surface area contributed by atoms with E-state index in [-0.39, 0.29) is 0 Å². The summed E-state index contributed by atoms with van der Waals surface area (Å²) in [5.41, 5.74) is 2.24. The molecule has 1 N–H and O–H groups in total. The highest BCUT2D eigenvalue weighted by atomic mass is 16.4. The monoisotopic (exact) mass is 216 g/mol. The Morgan fingerprint density at radius 1 is 1.38 bits per heavy atom. The van der Waals surface area contributed by atoms with Crippen LogP contribution in [-0.4, -0.2) is 11.1 Å². The molecule has 0 spiro atoms. The number of carboxylic acids is 1. The van der Waals surface area contributed by atoms with Gasteiger partial charge in [-0.25, -0.2) is 0 Å². The van der Waals surface area contributed by atoms with E-state index in [0.717, 1.165) is 5.56 Å². The van der Waals surface area contributed by atoms with Crippen molar-refractivity contribution in [2.45, 2.75) is 26.7 Å². The zero-order valence-corrected chi connectivity index (χ0v) is 9.66. The Balaban J connectivity index is 2.70. The minimum absolute atomic E-state index is 0.407. The summed E-state index contributed by atoms with van der Waals surface area (Å²) in [6.07, 6.45) is 0.962. The molecule has 0 heterocycles. The van der Waals surface area contributed by atoms with Crippen molar-refractivity contribution in [2.24, 2.45) is 5.92 Å². The average molecular weight is 216 g/mol. The summed E-state index contributed by atoms with van der Waals surface area (Å²) in [5.74, 6) is 4.38. The lowest BCUT2D eigenvalue weighted by Gasteiger charge is -2.09. The van der Waals surface area contributed by atoms with Crippen molar-refractivity contribution in [2.75, 3.05) is 0 Å². The minimum Gasteiger partial charge on any atom is -0.481 e. The van der Waals surface area contributed by atoms with Gasteiger partial charge in [0.05, 0.1) is 5.92 Å². The van der Waals surface area contributed by atoms with E-state index in [4.69, 9.17) is 5.11 Å². The molecule has 0 amide bonds. The van der Waals surface area contributed by atoms with Crippen LogP contribution >= 0.6 is 0 Å². The Kier molecular flexibility index (Phi) is 4.60. The molecule has 0 radical (unpaired) electrons. The molecule has 1 aromatic rings. The zero-order chi connectivity index (χ0) is 12.0. The van der Waals surface area contributed by atoms with Crippen LogP contribution in [0.25, 0.3) is 0 Å². The molecule has 0 aliphatic heterocycles. The highest BCUT2D eigenvalue weighted by Gasteiger charge is 2.16. The van der Waals surface area contributed by atoms with E-state index >= 15 is 0 Å².